The summed E-state index contributed by atoms with van der Waals surface area (Å²) in [5.41, 5.74) is 5.48. The van der Waals surface area contributed by atoms with Gasteiger partial charge in [-0.3, -0.25) is 4.79 Å². The number of hydrogen-bond acceptors (Lipinski definition) is 4. The molecule has 0 fully saturated rings. The topological polar surface area (TPSA) is 89.3 Å². The summed E-state index contributed by atoms with van der Waals surface area (Å²) in [7, 11) is -3.16. The Morgan fingerprint density at radius 3 is 2.71 bits per heavy atom. The lowest BCUT2D eigenvalue weighted by atomic mass is 10.1. The van der Waals surface area contributed by atoms with Gasteiger partial charge < -0.3 is 11.1 Å². The van der Waals surface area contributed by atoms with Gasteiger partial charge in [-0.2, -0.15) is 0 Å². The van der Waals surface area contributed by atoms with Crippen molar-refractivity contribution in [2.75, 3.05) is 24.6 Å². The Hall–Kier alpha value is -1.91. The van der Waals surface area contributed by atoms with Crippen LogP contribution in [0.15, 0.2) is 18.2 Å². The number of carbonyl (C=O) groups excluding carboxylic acids is 1. The van der Waals surface area contributed by atoms with E-state index >= 15 is 0 Å². The fraction of sp³-hybridized carbons (Fsp3) is 0.357. The van der Waals surface area contributed by atoms with Crippen molar-refractivity contribution in [2.24, 2.45) is 5.73 Å². The summed E-state index contributed by atoms with van der Waals surface area (Å²) >= 11 is 0. The van der Waals surface area contributed by atoms with Gasteiger partial charge in [0.15, 0.2) is 9.84 Å². The van der Waals surface area contributed by atoms with Crippen molar-refractivity contribution in [1.29, 1.82) is 0 Å². The summed E-state index contributed by atoms with van der Waals surface area (Å²) in [4.78, 5) is 11.8. The molecule has 21 heavy (non-hydrogen) atoms. The number of nitrogens with two attached hydrogens (primary N) is 1. The molecule has 0 aliphatic rings. The lowest BCUT2D eigenvalue weighted by Crippen LogP contribution is -2.30. The van der Waals surface area contributed by atoms with Crippen molar-refractivity contribution in [3.8, 4) is 11.8 Å². The monoisotopic (exact) mass is 312 g/mol. The number of amides is 1. The molecule has 0 heterocycles. The number of halogens is 1. The van der Waals surface area contributed by atoms with Crippen LogP contribution in [0.1, 0.15) is 22.8 Å². The van der Waals surface area contributed by atoms with Crippen LogP contribution in [-0.2, 0) is 9.84 Å². The molecule has 0 unspecified atom stereocenters. The van der Waals surface area contributed by atoms with Crippen LogP contribution in [0.4, 0.5) is 4.39 Å². The van der Waals surface area contributed by atoms with Crippen LogP contribution in [0.3, 0.4) is 0 Å². The van der Waals surface area contributed by atoms with Crippen molar-refractivity contribution in [3.05, 3.63) is 35.1 Å². The highest BCUT2D eigenvalue weighted by molar-refractivity contribution is 7.91. The van der Waals surface area contributed by atoms with Crippen LogP contribution in [-0.4, -0.2) is 38.9 Å². The highest BCUT2D eigenvalue weighted by Crippen LogP contribution is 2.09. The van der Waals surface area contributed by atoms with Gasteiger partial charge in [0.2, 0.25) is 0 Å². The Balaban J connectivity index is 2.71. The highest BCUT2D eigenvalue weighted by atomic mass is 32.2. The molecule has 0 aliphatic carbocycles. The lowest BCUT2D eigenvalue weighted by molar-refractivity contribution is 0.0952. The Morgan fingerprint density at radius 2 is 2.14 bits per heavy atom. The van der Waals surface area contributed by atoms with Crippen LogP contribution in [0, 0.1) is 17.7 Å². The molecule has 3 N–H and O–H groups in total. The first-order valence-electron chi connectivity index (χ1n) is 6.36. The second kappa shape index (κ2) is 7.76. The fourth-order valence-corrected chi connectivity index (χ4v) is 2.19. The summed E-state index contributed by atoms with van der Waals surface area (Å²) in [6, 6.07) is 3.95. The summed E-state index contributed by atoms with van der Waals surface area (Å²) in [6.07, 6.45) is 0. The maximum Gasteiger partial charge on any atom is 0.254 e. The number of benzene rings is 1. The van der Waals surface area contributed by atoms with E-state index < -0.39 is 21.6 Å². The van der Waals surface area contributed by atoms with Crippen molar-refractivity contribution < 1.29 is 17.6 Å². The van der Waals surface area contributed by atoms with Crippen LogP contribution in [0.2, 0.25) is 0 Å². The minimum absolute atomic E-state index is 0.00570. The molecule has 0 spiro atoms. The summed E-state index contributed by atoms with van der Waals surface area (Å²) in [5.74, 6) is 3.70. The van der Waals surface area contributed by atoms with Crippen LogP contribution in [0.5, 0.6) is 0 Å². The van der Waals surface area contributed by atoms with E-state index in [1.165, 1.54) is 19.1 Å². The SMILES string of the molecule is CCS(=O)(=O)CCNC(=O)c1ccc(C#CCN)cc1F. The van der Waals surface area contributed by atoms with Crippen molar-refractivity contribution in [1.82, 2.24) is 5.32 Å². The summed E-state index contributed by atoms with van der Waals surface area (Å²) in [6.45, 7) is 1.64. The normalized spacial score (nSPS) is 10.6. The molecule has 0 bridgehead atoms. The van der Waals surface area contributed by atoms with Gasteiger partial charge in [0.25, 0.3) is 5.91 Å². The zero-order valence-electron chi connectivity index (χ0n) is 11.6. The maximum absolute atomic E-state index is 13.8. The molecule has 0 atom stereocenters. The average molecular weight is 312 g/mol. The Morgan fingerprint density at radius 1 is 1.43 bits per heavy atom. The van der Waals surface area contributed by atoms with Gasteiger partial charge in [-0.15, -0.1) is 0 Å². The Labute approximate surface area is 123 Å². The third-order valence-corrected chi connectivity index (χ3v) is 4.39. The molecule has 1 rings (SSSR count). The van der Waals surface area contributed by atoms with E-state index in [9.17, 15) is 17.6 Å². The molecule has 1 aromatic carbocycles. The first-order chi connectivity index (χ1) is 9.89. The van der Waals surface area contributed by atoms with Crippen molar-refractivity contribution in [2.45, 2.75) is 6.92 Å². The number of carbonyl (C=O) groups is 1. The smallest absolute Gasteiger partial charge is 0.254 e. The van der Waals surface area contributed by atoms with Gasteiger partial charge in [-0.1, -0.05) is 18.8 Å². The molecular weight excluding hydrogens is 295 g/mol. The molecule has 1 amide bonds. The predicted molar refractivity (Wildman–Crippen MR) is 79.0 cm³/mol. The van der Waals surface area contributed by atoms with Gasteiger partial charge in [-0.05, 0) is 18.2 Å². The Bertz CT molecular complexity index is 675. The molecule has 0 aromatic heterocycles. The maximum atomic E-state index is 13.8. The van der Waals surface area contributed by atoms with Gasteiger partial charge in [-0.25, -0.2) is 12.8 Å². The third kappa shape index (κ3) is 5.53. The average Bonchev–Trinajstić information content (AvgIpc) is 2.44. The Kier molecular flexibility index (Phi) is 6.34. The van der Waals surface area contributed by atoms with E-state index in [1.54, 1.807) is 0 Å². The van der Waals surface area contributed by atoms with Crippen LogP contribution >= 0.6 is 0 Å². The van der Waals surface area contributed by atoms with Gasteiger partial charge >= 0.3 is 0 Å². The first kappa shape index (κ1) is 17.1. The second-order valence-corrected chi connectivity index (χ2v) is 6.67. The molecular formula is C14H17FN2O3S. The molecule has 0 radical (unpaired) electrons. The van der Waals surface area contributed by atoms with Crippen molar-refractivity contribution in [3.63, 3.8) is 0 Å². The molecule has 114 valence electrons. The molecule has 0 aliphatic heterocycles. The zero-order chi connectivity index (χ0) is 15.9. The largest absolute Gasteiger partial charge is 0.351 e. The number of hydrogen-bond donors (Lipinski definition) is 2. The quantitative estimate of drug-likeness (QED) is 0.765. The van der Waals surface area contributed by atoms with Crippen LogP contribution in [0.25, 0.3) is 0 Å². The summed E-state index contributed by atoms with van der Waals surface area (Å²) < 4.78 is 36.3. The van der Waals surface area contributed by atoms with E-state index in [0.717, 1.165) is 6.07 Å². The lowest BCUT2D eigenvalue weighted by Gasteiger charge is -2.06. The van der Waals surface area contributed by atoms with Gasteiger partial charge in [0, 0.05) is 17.9 Å². The van der Waals surface area contributed by atoms with E-state index in [2.05, 4.69) is 17.2 Å². The van der Waals surface area contributed by atoms with Crippen molar-refractivity contribution >= 4 is 15.7 Å². The van der Waals surface area contributed by atoms with Crippen LogP contribution < -0.4 is 11.1 Å². The second-order valence-electron chi connectivity index (χ2n) is 4.19. The van der Waals surface area contributed by atoms with E-state index in [-0.39, 0.29) is 30.2 Å². The molecule has 7 heteroatoms. The highest BCUT2D eigenvalue weighted by Gasteiger charge is 2.13. The minimum Gasteiger partial charge on any atom is -0.351 e. The van der Waals surface area contributed by atoms with Gasteiger partial charge in [0.05, 0.1) is 17.9 Å². The fourth-order valence-electron chi connectivity index (χ4n) is 1.49. The molecule has 0 saturated carbocycles. The zero-order valence-corrected chi connectivity index (χ0v) is 12.5. The van der Waals surface area contributed by atoms with E-state index in [0.29, 0.717) is 5.56 Å². The summed E-state index contributed by atoms with van der Waals surface area (Å²) in [5, 5.41) is 2.38. The van der Waals surface area contributed by atoms with E-state index in [4.69, 9.17) is 5.73 Å². The minimum atomic E-state index is -3.16. The molecule has 1 aromatic rings. The molecule has 5 nitrogen and oxygen atoms in total. The molecule has 0 saturated heterocycles. The van der Waals surface area contributed by atoms with Gasteiger partial charge in [0.1, 0.15) is 5.82 Å². The number of sulfone groups is 1. The predicted octanol–water partition coefficient (Wildman–Crippen LogP) is 0.300. The van der Waals surface area contributed by atoms with E-state index in [1.807, 2.05) is 0 Å². The standard InChI is InChI=1S/C14H17FN2O3S/c1-2-21(19,20)9-8-17-14(18)12-6-5-11(4-3-7-16)10-13(12)15/h5-6,10H,2,7-9,16H2,1H3,(H,17,18). The number of rotatable bonds is 5. The first-order valence-corrected chi connectivity index (χ1v) is 8.19. The number of nitrogens with one attached hydrogen (secondary N) is 1. The third-order valence-electron chi connectivity index (χ3n) is 2.69.